The van der Waals surface area contributed by atoms with Crippen molar-refractivity contribution in [3.8, 4) is 0 Å². The number of hydrogen-bond acceptors (Lipinski definition) is 18. The molecule has 0 aromatic heterocycles. The molecule has 3 heterocycles. The Kier molecular flexibility index (Phi) is 61.0. The first-order valence-electron chi connectivity index (χ1n) is 43.8. The fraction of sp³-hybridized carbons (Fsp3) is 0.988. The number of carbonyl (C=O) groups excluding carboxylic acids is 1. The maximum absolute atomic E-state index is 13.5. The first-order chi connectivity index (χ1) is 50.3. The summed E-state index contributed by atoms with van der Waals surface area (Å²) in [5.41, 5.74) is 0. The number of amides is 1. The maximum Gasteiger partial charge on any atom is 0.220 e. The highest BCUT2D eigenvalue weighted by molar-refractivity contribution is 5.76. The van der Waals surface area contributed by atoms with Gasteiger partial charge in [-0.3, -0.25) is 4.79 Å². The zero-order chi connectivity index (χ0) is 74.6. The molecule has 103 heavy (non-hydrogen) atoms. The normalized spacial score (nSPS) is 25.9. The van der Waals surface area contributed by atoms with E-state index in [1.54, 1.807) is 0 Å². The number of aliphatic hydroxyl groups excluding tert-OH is 11. The van der Waals surface area contributed by atoms with Crippen LogP contribution >= 0.6 is 0 Å². The second-order valence-electron chi connectivity index (χ2n) is 31.7. The van der Waals surface area contributed by atoms with E-state index in [2.05, 4.69) is 19.2 Å². The topological polar surface area (TPSA) is 307 Å². The molecule has 0 saturated carbocycles. The van der Waals surface area contributed by atoms with Gasteiger partial charge in [-0.2, -0.15) is 0 Å². The molecule has 612 valence electrons. The van der Waals surface area contributed by atoms with Crippen LogP contribution in [-0.4, -0.2) is 193 Å². The molecule has 0 bridgehead atoms. The Morgan fingerprint density at radius 2 is 0.553 bits per heavy atom. The Labute approximate surface area is 627 Å². The Balaban J connectivity index is 1.27. The van der Waals surface area contributed by atoms with Gasteiger partial charge in [0.15, 0.2) is 18.9 Å². The van der Waals surface area contributed by atoms with E-state index in [1.165, 1.54) is 321 Å². The minimum atomic E-state index is -1.97. The van der Waals surface area contributed by atoms with Crippen LogP contribution in [0.3, 0.4) is 0 Å². The van der Waals surface area contributed by atoms with E-state index >= 15 is 0 Å². The predicted octanol–water partition coefficient (Wildman–Crippen LogP) is 15.7. The maximum atomic E-state index is 13.5. The average molecular weight is 1480 g/mol. The number of aliphatic hydroxyl groups is 11. The summed E-state index contributed by atoms with van der Waals surface area (Å²) in [6, 6.07) is -0.883. The first-order valence-corrected chi connectivity index (χ1v) is 43.8. The van der Waals surface area contributed by atoms with Crippen molar-refractivity contribution in [2.75, 3.05) is 26.4 Å². The van der Waals surface area contributed by atoms with Crippen LogP contribution in [0.4, 0.5) is 0 Å². The highest BCUT2D eigenvalue weighted by Crippen LogP contribution is 2.34. The van der Waals surface area contributed by atoms with Gasteiger partial charge < -0.3 is 89.9 Å². The zero-order valence-electron chi connectivity index (χ0n) is 65.8. The second kappa shape index (κ2) is 65.5. The summed E-state index contributed by atoms with van der Waals surface area (Å²) in [5, 5.41) is 121. The molecule has 19 heteroatoms. The van der Waals surface area contributed by atoms with Crippen molar-refractivity contribution in [2.24, 2.45) is 0 Å². The molecule has 0 radical (unpaired) electrons. The number of hydrogen-bond donors (Lipinski definition) is 12. The summed E-state index contributed by atoms with van der Waals surface area (Å²) in [6.07, 6.45) is 50.9. The van der Waals surface area contributed by atoms with E-state index in [4.69, 9.17) is 28.4 Å². The minimum Gasteiger partial charge on any atom is -0.394 e. The summed E-state index contributed by atoms with van der Waals surface area (Å²) < 4.78 is 34.5. The van der Waals surface area contributed by atoms with Crippen LogP contribution in [0.1, 0.15) is 399 Å². The Morgan fingerprint density at radius 3 is 0.845 bits per heavy atom. The third kappa shape index (κ3) is 45.0. The molecule has 3 aliphatic heterocycles. The van der Waals surface area contributed by atoms with Gasteiger partial charge in [0.25, 0.3) is 0 Å². The van der Waals surface area contributed by atoms with E-state index in [9.17, 15) is 61.0 Å². The lowest BCUT2D eigenvalue weighted by molar-refractivity contribution is -0.379. The van der Waals surface area contributed by atoms with Crippen LogP contribution in [0.15, 0.2) is 0 Å². The van der Waals surface area contributed by atoms with Crippen LogP contribution in [0.5, 0.6) is 0 Å². The standard InChI is InChI=1S/C84H163NO18/c1-3-5-7-9-11-13-15-17-19-21-23-24-25-26-27-28-29-30-31-32-33-34-35-36-37-38-39-40-41-42-43-44-46-48-50-52-54-56-58-60-62-72(90)85-67(68(89)61-59-57-55-53-51-49-47-45-22-20-18-16-14-12-10-8-6-4-2)66-98-82-78(96)75(93)80(70(64-87)100-82)103-84-79(97)76(94)81(71(65-88)101-84)102-83-77(95)74(92)73(91)69(63-86)99-83/h67-71,73-84,86-89,91-97H,3-66H2,1-2H3,(H,85,90). The summed E-state index contributed by atoms with van der Waals surface area (Å²) in [6.45, 7) is 1.87. The lowest BCUT2D eigenvalue weighted by Gasteiger charge is -2.48. The molecule has 3 fully saturated rings. The van der Waals surface area contributed by atoms with Crippen molar-refractivity contribution in [1.29, 1.82) is 0 Å². The van der Waals surface area contributed by atoms with Gasteiger partial charge in [0.1, 0.15) is 73.2 Å². The fourth-order valence-electron chi connectivity index (χ4n) is 15.4. The number of unbranched alkanes of at least 4 members (excludes halogenated alkanes) is 56. The molecule has 12 N–H and O–H groups in total. The molecule has 0 spiro atoms. The molecular weight excluding hydrogens is 1310 g/mol. The van der Waals surface area contributed by atoms with Crippen molar-refractivity contribution < 1.29 is 89.4 Å². The molecule has 3 saturated heterocycles. The van der Waals surface area contributed by atoms with Crippen molar-refractivity contribution in [3.63, 3.8) is 0 Å². The molecule has 19 nitrogen and oxygen atoms in total. The van der Waals surface area contributed by atoms with Crippen LogP contribution < -0.4 is 5.32 Å². The highest BCUT2D eigenvalue weighted by Gasteiger charge is 2.54. The summed E-state index contributed by atoms with van der Waals surface area (Å²) in [5.74, 6) is -0.232. The van der Waals surface area contributed by atoms with Crippen LogP contribution in [0.25, 0.3) is 0 Å². The second-order valence-corrected chi connectivity index (χ2v) is 31.7. The van der Waals surface area contributed by atoms with Gasteiger partial charge in [-0.15, -0.1) is 0 Å². The van der Waals surface area contributed by atoms with Gasteiger partial charge >= 0.3 is 0 Å². The quantitative estimate of drug-likeness (QED) is 0.0252. The predicted molar refractivity (Wildman–Crippen MR) is 411 cm³/mol. The van der Waals surface area contributed by atoms with Gasteiger partial charge in [0.2, 0.25) is 5.91 Å². The SMILES string of the molecule is CCCCCCCCCCCCCCCCCCCCCCCCCCCCCCCCCCCCCCCCCCC(=O)NC(COC1OC(CO)C(OC2OC(CO)C(OC3OC(CO)C(O)C(O)C3O)C(O)C2O)C(O)C1O)C(O)CCCCCCCCCCCCCCCCCCCC. The third-order valence-corrected chi connectivity index (χ3v) is 22.4. The number of carbonyl (C=O) groups is 1. The van der Waals surface area contributed by atoms with E-state index in [0.717, 1.165) is 44.9 Å². The van der Waals surface area contributed by atoms with Gasteiger partial charge in [-0.1, -0.05) is 380 Å². The van der Waals surface area contributed by atoms with Crippen LogP contribution in [-0.2, 0) is 33.2 Å². The van der Waals surface area contributed by atoms with E-state index in [1.807, 2.05) is 0 Å². The Morgan fingerprint density at radius 1 is 0.311 bits per heavy atom. The van der Waals surface area contributed by atoms with Crippen LogP contribution in [0.2, 0.25) is 0 Å². The number of nitrogens with one attached hydrogen (secondary N) is 1. The molecular formula is C84H163NO18. The number of rotatable bonds is 72. The van der Waals surface area contributed by atoms with Crippen molar-refractivity contribution in [3.05, 3.63) is 0 Å². The van der Waals surface area contributed by atoms with Crippen LogP contribution in [0, 0.1) is 0 Å². The lowest BCUT2D eigenvalue weighted by Crippen LogP contribution is -2.66. The first kappa shape index (κ1) is 96.0. The summed E-state index contributed by atoms with van der Waals surface area (Å²) in [4.78, 5) is 13.5. The molecule has 3 rings (SSSR count). The molecule has 17 atom stereocenters. The monoisotopic (exact) mass is 1470 g/mol. The van der Waals surface area contributed by atoms with E-state index in [-0.39, 0.29) is 18.9 Å². The zero-order valence-corrected chi connectivity index (χ0v) is 65.8. The molecule has 1 amide bonds. The molecule has 0 aliphatic carbocycles. The van der Waals surface area contributed by atoms with E-state index < -0.39 is 124 Å². The van der Waals surface area contributed by atoms with E-state index in [0.29, 0.717) is 12.8 Å². The molecule has 0 aromatic rings. The average Bonchev–Trinajstić information content (AvgIpc) is 0.782. The highest BCUT2D eigenvalue weighted by atomic mass is 16.8. The number of ether oxygens (including phenoxy) is 6. The van der Waals surface area contributed by atoms with Crippen molar-refractivity contribution >= 4 is 5.91 Å². The Bertz CT molecular complexity index is 1860. The summed E-state index contributed by atoms with van der Waals surface area (Å²) in [7, 11) is 0. The van der Waals surface area contributed by atoms with Gasteiger partial charge in [0, 0.05) is 6.42 Å². The van der Waals surface area contributed by atoms with Gasteiger partial charge in [0.05, 0.1) is 38.6 Å². The van der Waals surface area contributed by atoms with Crippen molar-refractivity contribution in [1.82, 2.24) is 5.32 Å². The minimum absolute atomic E-state index is 0.232. The Hall–Kier alpha value is -1.21. The molecule has 17 unspecified atom stereocenters. The van der Waals surface area contributed by atoms with Crippen molar-refractivity contribution in [2.45, 2.75) is 503 Å². The lowest BCUT2D eigenvalue weighted by atomic mass is 9.96. The third-order valence-electron chi connectivity index (χ3n) is 22.4. The largest absolute Gasteiger partial charge is 0.394 e. The fourth-order valence-corrected chi connectivity index (χ4v) is 15.4. The van der Waals surface area contributed by atoms with Gasteiger partial charge in [-0.25, -0.2) is 0 Å². The molecule has 3 aliphatic rings. The smallest absolute Gasteiger partial charge is 0.220 e. The molecule has 0 aromatic carbocycles. The summed E-state index contributed by atoms with van der Waals surface area (Å²) >= 11 is 0. The van der Waals surface area contributed by atoms with Gasteiger partial charge in [-0.05, 0) is 12.8 Å².